The maximum absolute atomic E-state index is 12.1. The molecule has 0 aliphatic rings. The Hall–Kier alpha value is -4.55. The molecule has 0 spiro atoms. The van der Waals surface area contributed by atoms with Crippen LogP contribution in [0.5, 0.6) is 11.5 Å². The van der Waals surface area contributed by atoms with E-state index in [1.54, 1.807) is 12.1 Å². The van der Waals surface area contributed by atoms with E-state index in [2.05, 4.69) is 26.5 Å². The summed E-state index contributed by atoms with van der Waals surface area (Å²) in [5, 5.41) is 11.4. The molecule has 0 radical (unpaired) electrons. The number of hydrazone groups is 1. The van der Waals surface area contributed by atoms with Crippen LogP contribution in [0, 0.1) is 0 Å². The Bertz CT molecular complexity index is 1370. The fraction of sp³-hybridized carbons (Fsp3) is 0.125. The van der Waals surface area contributed by atoms with Crippen molar-refractivity contribution in [2.75, 3.05) is 24.9 Å². The lowest BCUT2D eigenvalue weighted by Gasteiger charge is -2.10. The van der Waals surface area contributed by atoms with E-state index < -0.39 is 23.6 Å². The number of nitrogens with one attached hydrogen (secondary N) is 4. The van der Waals surface area contributed by atoms with Gasteiger partial charge in [-0.3, -0.25) is 19.2 Å². The third kappa shape index (κ3) is 7.98. The monoisotopic (exact) mass is 561 g/mol. The molecular formula is C24H21Cl2N5O7. The van der Waals surface area contributed by atoms with Gasteiger partial charge in [-0.25, -0.2) is 5.43 Å². The summed E-state index contributed by atoms with van der Waals surface area (Å²) in [7, 11) is 2.89. The van der Waals surface area contributed by atoms with Gasteiger partial charge in [0.05, 0.1) is 32.7 Å². The van der Waals surface area contributed by atoms with Crippen LogP contribution in [0.4, 0.5) is 11.4 Å². The number of hydrogen-bond donors (Lipinski definition) is 4. The summed E-state index contributed by atoms with van der Waals surface area (Å²) in [5.74, 6) is -2.53. The Morgan fingerprint density at radius 3 is 2.26 bits per heavy atom. The molecule has 0 unspecified atom stereocenters. The zero-order valence-electron chi connectivity index (χ0n) is 20.0. The van der Waals surface area contributed by atoms with Gasteiger partial charge in [0.15, 0.2) is 0 Å². The largest absolute Gasteiger partial charge is 0.497 e. The summed E-state index contributed by atoms with van der Waals surface area (Å²) >= 11 is 11.7. The molecule has 198 valence electrons. The van der Waals surface area contributed by atoms with Crippen molar-refractivity contribution in [2.24, 2.45) is 5.10 Å². The van der Waals surface area contributed by atoms with E-state index in [9.17, 15) is 19.2 Å². The van der Waals surface area contributed by atoms with Crippen molar-refractivity contribution in [3.63, 3.8) is 0 Å². The van der Waals surface area contributed by atoms with Crippen molar-refractivity contribution in [1.82, 2.24) is 10.7 Å². The summed E-state index contributed by atoms with van der Waals surface area (Å²) in [4.78, 5) is 48.3. The van der Waals surface area contributed by atoms with Gasteiger partial charge >= 0.3 is 23.6 Å². The first-order valence-corrected chi connectivity index (χ1v) is 11.4. The molecule has 0 fully saturated rings. The number of amides is 4. The van der Waals surface area contributed by atoms with E-state index >= 15 is 0 Å². The molecule has 4 amide bonds. The Kier molecular flexibility index (Phi) is 9.68. The Labute approximate surface area is 226 Å². The molecule has 14 heteroatoms. The SMILES string of the molecule is COc1ccc(NC(=O)C(=O)N/N=C/c2ccc(CNC(=O)C(=O)Nc3cc(Cl)cc(Cl)c3)o2)c(OC)c1. The maximum Gasteiger partial charge on any atom is 0.329 e. The third-order valence-corrected chi connectivity index (χ3v) is 5.09. The topological polar surface area (TPSA) is 160 Å². The molecule has 4 N–H and O–H groups in total. The van der Waals surface area contributed by atoms with E-state index in [0.29, 0.717) is 27.3 Å². The molecule has 3 rings (SSSR count). The lowest BCUT2D eigenvalue weighted by atomic mass is 10.2. The smallest absolute Gasteiger partial charge is 0.329 e. The van der Waals surface area contributed by atoms with Crippen LogP contribution >= 0.6 is 23.2 Å². The minimum atomic E-state index is -1.04. The first-order valence-electron chi connectivity index (χ1n) is 10.7. The normalized spacial score (nSPS) is 10.5. The highest BCUT2D eigenvalue weighted by atomic mass is 35.5. The number of halogens is 2. The van der Waals surface area contributed by atoms with Crippen LogP contribution in [-0.4, -0.2) is 44.1 Å². The van der Waals surface area contributed by atoms with Crippen LogP contribution in [-0.2, 0) is 25.7 Å². The number of benzene rings is 2. The summed E-state index contributed by atoms with van der Waals surface area (Å²) in [5.41, 5.74) is 2.59. The zero-order chi connectivity index (χ0) is 27.7. The van der Waals surface area contributed by atoms with Crippen LogP contribution < -0.4 is 30.8 Å². The number of carbonyl (C=O) groups excluding carboxylic acids is 4. The van der Waals surface area contributed by atoms with Crippen molar-refractivity contribution in [1.29, 1.82) is 0 Å². The zero-order valence-corrected chi connectivity index (χ0v) is 21.5. The molecule has 38 heavy (non-hydrogen) atoms. The Morgan fingerprint density at radius 1 is 0.868 bits per heavy atom. The van der Waals surface area contributed by atoms with E-state index in [-0.39, 0.29) is 23.7 Å². The average Bonchev–Trinajstić information content (AvgIpc) is 3.34. The predicted octanol–water partition coefficient (Wildman–Crippen LogP) is 2.95. The van der Waals surface area contributed by atoms with Gasteiger partial charge < -0.3 is 29.8 Å². The van der Waals surface area contributed by atoms with Gasteiger partial charge in [0, 0.05) is 21.8 Å². The summed E-state index contributed by atoms with van der Waals surface area (Å²) in [6, 6.07) is 12.1. The predicted molar refractivity (Wildman–Crippen MR) is 140 cm³/mol. The minimum absolute atomic E-state index is 0.102. The number of carbonyl (C=O) groups is 4. The minimum Gasteiger partial charge on any atom is -0.497 e. The molecule has 0 saturated heterocycles. The van der Waals surface area contributed by atoms with Crippen molar-refractivity contribution in [3.05, 3.63) is 70.1 Å². The van der Waals surface area contributed by atoms with Crippen molar-refractivity contribution >= 4 is 64.4 Å². The van der Waals surface area contributed by atoms with Crippen LogP contribution in [0.25, 0.3) is 0 Å². The molecule has 0 saturated carbocycles. The standard InChI is InChI=1S/C24H21Cl2N5O7/c1-36-16-5-6-19(20(10-16)37-2)30-23(34)24(35)31-28-12-18-4-3-17(38-18)11-27-21(32)22(33)29-15-8-13(25)7-14(26)9-15/h3-10,12H,11H2,1-2H3,(H,27,32)(H,29,33)(H,30,34)(H,31,35)/b28-12+. The second-order valence-electron chi connectivity index (χ2n) is 7.32. The van der Waals surface area contributed by atoms with Gasteiger partial charge in [-0.1, -0.05) is 23.2 Å². The van der Waals surface area contributed by atoms with E-state index in [0.717, 1.165) is 6.21 Å². The lowest BCUT2D eigenvalue weighted by Crippen LogP contribution is -2.34. The summed E-state index contributed by atoms with van der Waals surface area (Å²) in [6.07, 6.45) is 1.15. The number of hydrogen-bond acceptors (Lipinski definition) is 8. The van der Waals surface area contributed by atoms with Gasteiger partial charge in [0.1, 0.15) is 23.0 Å². The number of rotatable bonds is 8. The number of methoxy groups -OCH3 is 2. The van der Waals surface area contributed by atoms with E-state index in [1.165, 1.54) is 50.6 Å². The average molecular weight is 562 g/mol. The molecule has 1 aromatic heterocycles. The molecule has 3 aromatic rings. The maximum atomic E-state index is 12.1. The third-order valence-electron chi connectivity index (χ3n) is 4.65. The van der Waals surface area contributed by atoms with Crippen molar-refractivity contribution < 1.29 is 33.1 Å². The van der Waals surface area contributed by atoms with Crippen LogP contribution in [0.1, 0.15) is 11.5 Å². The second kappa shape index (κ2) is 13.1. The second-order valence-corrected chi connectivity index (χ2v) is 8.19. The van der Waals surface area contributed by atoms with Gasteiger partial charge in [-0.2, -0.15) is 5.10 Å². The van der Waals surface area contributed by atoms with Gasteiger partial charge in [-0.15, -0.1) is 0 Å². The molecule has 0 atom stereocenters. The molecule has 0 aliphatic carbocycles. The summed E-state index contributed by atoms with van der Waals surface area (Å²) in [6.45, 7) is -0.102. The fourth-order valence-corrected chi connectivity index (χ4v) is 3.43. The first kappa shape index (κ1) is 28.0. The summed E-state index contributed by atoms with van der Waals surface area (Å²) < 4.78 is 15.7. The van der Waals surface area contributed by atoms with Gasteiger partial charge in [-0.05, 0) is 42.5 Å². The van der Waals surface area contributed by atoms with Crippen molar-refractivity contribution in [2.45, 2.75) is 6.54 Å². The highest BCUT2D eigenvalue weighted by molar-refractivity contribution is 6.40. The van der Waals surface area contributed by atoms with Gasteiger partial charge in [0.2, 0.25) is 0 Å². The molecule has 12 nitrogen and oxygen atoms in total. The highest BCUT2D eigenvalue weighted by Crippen LogP contribution is 2.29. The number of ether oxygens (including phenoxy) is 2. The highest BCUT2D eigenvalue weighted by Gasteiger charge is 2.17. The Morgan fingerprint density at radius 2 is 1.58 bits per heavy atom. The molecular weight excluding hydrogens is 541 g/mol. The lowest BCUT2D eigenvalue weighted by molar-refractivity contribution is -0.136. The molecule has 2 aromatic carbocycles. The van der Waals surface area contributed by atoms with Crippen molar-refractivity contribution in [3.8, 4) is 11.5 Å². The number of anilines is 2. The van der Waals surface area contributed by atoms with Crippen LogP contribution in [0.15, 0.2) is 58.0 Å². The molecule has 1 heterocycles. The van der Waals surface area contributed by atoms with E-state index in [1.807, 2.05) is 0 Å². The first-order chi connectivity index (χ1) is 18.2. The number of furan rings is 1. The quantitative estimate of drug-likeness (QED) is 0.187. The number of nitrogens with zero attached hydrogens (tertiary/aromatic N) is 1. The molecule has 0 bridgehead atoms. The van der Waals surface area contributed by atoms with E-state index in [4.69, 9.17) is 37.1 Å². The fourth-order valence-electron chi connectivity index (χ4n) is 2.91. The van der Waals surface area contributed by atoms with Crippen LogP contribution in [0.2, 0.25) is 10.0 Å². The molecule has 0 aliphatic heterocycles. The Balaban J connectivity index is 1.46. The van der Waals surface area contributed by atoms with Crippen LogP contribution in [0.3, 0.4) is 0 Å². The van der Waals surface area contributed by atoms with Gasteiger partial charge in [0.25, 0.3) is 0 Å².